The minimum atomic E-state index is -0.203. The number of carbonyl (C=O) groups is 1. The summed E-state index contributed by atoms with van der Waals surface area (Å²) in [5, 5.41) is 4.55. The molecule has 0 bridgehead atoms. The lowest BCUT2D eigenvalue weighted by Gasteiger charge is -2.12. The Morgan fingerprint density at radius 1 is 1.45 bits per heavy atom. The first-order valence-corrected chi connectivity index (χ1v) is 7.36. The molecule has 0 aliphatic carbocycles. The molecule has 0 aromatic carbocycles. The summed E-state index contributed by atoms with van der Waals surface area (Å²) in [6.07, 6.45) is 2.74. The third-order valence-corrected chi connectivity index (χ3v) is 4.26. The zero-order valence-electron chi connectivity index (χ0n) is 12.0. The first kappa shape index (κ1) is 13.4. The molecule has 1 unspecified atom stereocenters. The van der Waals surface area contributed by atoms with Crippen LogP contribution in [0, 0.1) is 4.77 Å². The minimum Gasteiger partial charge on any atom is -0.344 e. The summed E-state index contributed by atoms with van der Waals surface area (Å²) in [5.74, 6) is 0.125. The summed E-state index contributed by atoms with van der Waals surface area (Å²) >= 11 is 5.43. The van der Waals surface area contributed by atoms with Gasteiger partial charge in [-0.1, -0.05) is 13.3 Å². The van der Waals surface area contributed by atoms with Gasteiger partial charge in [-0.05, 0) is 25.1 Å². The van der Waals surface area contributed by atoms with Gasteiger partial charge in [-0.2, -0.15) is 5.10 Å². The first-order valence-electron chi connectivity index (χ1n) is 6.95. The van der Waals surface area contributed by atoms with E-state index < -0.39 is 0 Å². The average Bonchev–Trinajstić information content (AvgIpc) is 2.99. The zero-order chi connectivity index (χ0) is 14.4. The Labute approximate surface area is 122 Å². The van der Waals surface area contributed by atoms with E-state index in [4.69, 9.17) is 12.2 Å². The molecular formula is C13H19N5OS. The maximum atomic E-state index is 12.3. The number of fused-ring (bicyclic) bond motifs is 1. The van der Waals surface area contributed by atoms with E-state index in [-0.39, 0.29) is 11.9 Å². The monoisotopic (exact) mass is 293 g/mol. The number of imidazole rings is 1. The molecule has 3 rings (SSSR count). The number of likely N-dealkylation sites (N-methyl/N-ethyl adjacent to an activating group) is 1. The maximum absolute atomic E-state index is 12.3. The molecule has 20 heavy (non-hydrogen) atoms. The molecule has 1 saturated heterocycles. The van der Waals surface area contributed by atoms with Crippen molar-refractivity contribution in [2.75, 3.05) is 13.6 Å². The summed E-state index contributed by atoms with van der Waals surface area (Å²) in [7, 11) is 3.74. The van der Waals surface area contributed by atoms with E-state index >= 15 is 0 Å². The van der Waals surface area contributed by atoms with Crippen molar-refractivity contribution in [2.24, 2.45) is 7.05 Å². The standard InChI is InChI=1S/C13H19N5OS/c1-4-5-8-10-11(17(3)15-8)18(13(20)14-10)9-6-7-16(2)12(9)19/h9H,4-7H2,1-3H3,(H,14,20). The number of aryl methyl sites for hydroxylation is 2. The quantitative estimate of drug-likeness (QED) is 0.878. The number of H-pyrrole nitrogens is 1. The number of aromatic nitrogens is 4. The van der Waals surface area contributed by atoms with Crippen molar-refractivity contribution < 1.29 is 4.79 Å². The lowest BCUT2D eigenvalue weighted by atomic mass is 10.2. The number of likely N-dealkylation sites (tertiary alicyclic amines) is 1. The molecule has 1 N–H and O–H groups in total. The van der Waals surface area contributed by atoms with Crippen LogP contribution in [0.15, 0.2) is 0 Å². The van der Waals surface area contributed by atoms with Crippen molar-refractivity contribution >= 4 is 29.3 Å². The highest BCUT2D eigenvalue weighted by atomic mass is 32.1. The topological polar surface area (TPSA) is 58.9 Å². The molecule has 3 heterocycles. The molecule has 1 aliphatic rings. The van der Waals surface area contributed by atoms with Crippen LogP contribution in [0.5, 0.6) is 0 Å². The molecule has 1 aliphatic heterocycles. The van der Waals surface area contributed by atoms with Gasteiger partial charge in [0, 0.05) is 20.6 Å². The van der Waals surface area contributed by atoms with E-state index in [0.29, 0.717) is 4.77 Å². The van der Waals surface area contributed by atoms with Crippen LogP contribution >= 0.6 is 12.2 Å². The van der Waals surface area contributed by atoms with Crippen LogP contribution in [0.3, 0.4) is 0 Å². The van der Waals surface area contributed by atoms with Crippen molar-refractivity contribution in [1.82, 2.24) is 24.2 Å². The van der Waals surface area contributed by atoms with Crippen LogP contribution < -0.4 is 0 Å². The van der Waals surface area contributed by atoms with Crippen molar-refractivity contribution in [2.45, 2.75) is 32.2 Å². The van der Waals surface area contributed by atoms with Crippen LogP contribution in [0.4, 0.5) is 0 Å². The van der Waals surface area contributed by atoms with E-state index in [2.05, 4.69) is 17.0 Å². The summed E-state index contributed by atoms with van der Waals surface area (Å²) in [4.78, 5) is 17.3. The lowest BCUT2D eigenvalue weighted by molar-refractivity contribution is -0.129. The van der Waals surface area contributed by atoms with Gasteiger partial charge in [0.05, 0.1) is 5.69 Å². The molecule has 1 atom stereocenters. The largest absolute Gasteiger partial charge is 0.344 e. The number of amides is 1. The maximum Gasteiger partial charge on any atom is 0.245 e. The van der Waals surface area contributed by atoms with Crippen molar-refractivity contribution in [3.05, 3.63) is 10.5 Å². The number of aromatic amines is 1. The first-order chi connectivity index (χ1) is 9.54. The van der Waals surface area contributed by atoms with Gasteiger partial charge < -0.3 is 9.88 Å². The summed E-state index contributed by atoms with van der Waals surface area (Å²) < 4.78 is 4.37. The Bertz CT molecular complexity index is 725. The minimum absolute atomic E-state index is 0.125. The molecule has 1 amide bonds. The Kier molecular flexibility index (Phi) is 3.16. The summed E-state index contributed by atoms with van der Waals surface area (Å²) in [6, 6.07) is -0.203. The lowest BCUT2D eigenvalue weighted by Crippen LogP contribution is -2.25. The Morgan fingerprint density at radius 2 is 2.20 bits per heavy atom. The van der Waals surface area contributed by atoms with Gasteiger partial charge in [0.25, 0.3) is 0 Å². The van der Waals surface area contributed by atoms with E-state index in [1.807, 2.05) is 23.3 Å². The van der Waals surface area contributed by atoms with Gasteiger partial charge in [0.2, 0.25) is 5.91 Å². The Balaban J connectivity index is 2.19. The highest BCUT2D eigenvalue weighted by Gasteiger charge is 2.33. The number of rotatable bonds is 3. The van der Waals surface area contributed by atoms with E-state index in [0.717, 1.165) is 42.7 Å². The predicted molar refractivity (Wildman–Crippen MR) is 79.2 cm³/mol. The molecule has 2 aromatic rings. The average molecular weight is 293 g/mol. The molecule has 2 aromatic heterocycles. The molecule has 108 valence electrons. The fraction of sp³-hybridized carbons (Fsp3) is 0.615. The van der Waals surface area contributed by atoms with Gasteiger partial charge in [-0.25, -0.2) is 0 Å². The zero-order valence-corrected chi connectivity index (χ0v) is 12.8. The van der Waals surface area contributed by atoms with Gasteiger partial charge in [0.1, 0.15) is 11.6 Å². The van der Waals surface area contributed by atoms with E-state index in [1.165, 1.54) is 0 Å². The van der Waals surface area contributed by atoms with Crippen LogP contribution in [0.25, 0.3) is 11.2 Å². The summed E-state index contributed by atoms with van der Waals surface area (Å²) in [5.41, 5.74) is 2.92. The third kappa shape index (κ3) is 1.80. The van der Waals surface area contributed by atoms with E-state index in [1.54, 1.807) is 4.90 Å². The van der Waals surface area contributed by atoms with Gasteiger partial charge in [-0.3, -0.25) is 14.0 Å². The summed E-state index contributed by atoms with van der Waals surface area (Å²) in [6.45, 7) is 2.90. The number of carbonyl (C=O) groups excluding carboxylic acids is 1. The van der Waals surface area contributed by atoms with Gasteiger partial charge >= 0.3 is 0 Å². The second-order valence-corrected chi connectivity index (χ2v) is 5.77. The molecule has 0 spiro atoms. The SMILES string of the molecule is CCCc1nn(C)c2c1[nH]c(=S)n2C1CCN(C)C1=O. The normalized spacial score (nSPS) is 19.4. The second kappa shape index (κ2) is 4.73. The third-order valence-electron chi connectivity index (χ3n) is 3.97. The van der Waals surface area contributed by atoms with E-state index in [9.17, 15) is 4.79 Å². The fourth-order valence-electron chi connectivity index (χ4n) is 2.98. The highest BCUT2D eigenvalue weighted by Crippen LogP contribution is 2.28. The molecule has 6 nitrogen and oxygen atoms in total. The second-order valence-electron chi connectivity index (χ2n) is 5.38. The molecule has 0 saturated carbocycles. The van der Waals surface area contributed by atoms with Crippen molar-refractivity contribution in [3.63, 3.8) is 0 Å². The number of hydrogen-bond acceptors (Lipinski definition) is 3. The van der Waals surface area contributed by atoms with Gasteiger partial charge in [0.15, 0.2) is 10.4 Å². The fourth-order valence-corrected chi connectivity index (χ4v) is 3.30. The molecule has 0 radical (unpaired) electrons. The van der Waals surface area contributed by atoms with Crippen LogP contribution in [-0.2, 0) is 18.3 Å². The Morgan fingerprint density at radius 3 is 2.80 bits per heavy atom. The molecular weight excluding hydrogens is 274 g/mol. The van der Waals surface area contributed by atoms with Crippen LogP contribution in [0.2, 0.25) is 0 Å². The molecule has 1 fully saturated rings. The van der Waals surface area contributed by atoms with Crippen LogP contribution in [0.1, 0.15) is 31.5 Å². The van der Waals surface area contributed by atoms with Crippen molar-refractivity contribution in [3.8, 4) is 0 Å². The van der Waals surface area contributed by atoms with Crippen LogP contribution in [-0.4, -0.2) is 43.7 Å². The predicted octanol–water partition coefficient (Wildman–Crippen LogP) is 1.79. The van der Waals surface area contributed by atoms with Gasteiger partial charge in [-0.15, -0.1) is 0 Å². The molecule has 7 heteroatoms. The number of hydrogen-bond donors (Lipinski definition) is 1. The van der Waals surface area contributed by atoms with Crippen molar-refractivity contribution in [1.29, 1.82) is 0 Å². The Hall–Kier alpha value is -1.63. The number of nitrogens with one attached hydrogen (secondary N) is 1. The highest BCUT2D eigenvalue weighted by molar-refractivity contribution is 7.71. The smallest absolute Gasteiger partial charge is 0.245 e. The number of nitrogens with zero attached hydrogens (tertiary/aromatic N) is 4.